The van der Waals surface area contributed by atoms with Gasteiger partial charge in [0.2, 0.25) is 5.16 Å². The Morgan fingerprint density at radius 1 is 1.40 bits per heavy atom. The average molecular weight is 360 g/mol. The quantitative estimate of drug-likeness (QED) is 0.321. The van der Waals surface area contributed by atoms with Crippen molar-refractivity contribution in [1.82, 2.24) is 14.7 Å². The normalized spacial score (nSPS) is 11.0. The van der Waals surface area contributed by atoms with Crippen LogP contribution in [-0.4, -0.2) is 31.9 Å². The Kier molecular flexibility index (Phi) is 4.49. The zero-order valence-corrected chi connectivity index (χ0v) is 14.7. The maximum Gasteiger partial charge on any atom is 0.278 e. The zero-order valence-electron chi connectivity index (χ0n) is 13.9. The summed E-state index contributed by atoms with van der Waals surface area (Å²) in [5.41, 5.74) is 2.88. The van der Waals surface area contributed by atoms with E-state index in [2.05, 4.69) is 9.97 Å². The van der Waals surface area contributed by atoms with Gasteiger partial charge in [-0.1, -0.05) is 11.8 Å². The molecule has 0 unspecified atom stereocenters. The smallest absolute Gasteiger partial charge is 0.278 e. The minimum Gasteiger partial charge on any atom is -0.497 e. The predicted molar refractivity (Wildman–Crippen MR) is 93.4 cm³/mol. The number of rotatable bonds is 5. The number of hydrogen-bond donors (Lipinski definition) is 1. The molecule has 0 amide bonds. The van der Waals surface area contributed by atoms with Gasteiger partial charge in [0.25, 0.3) is 5.69 Å². The standard InChI is InChI=1S/C16H16N4O4S/c1-9-7-17-13(10(2)15(9)20(22)23)8-25-16-18-12-6-11(24-3)4-5-14(12)19(16)21/h4-7,21H,8H2,1-3H3. The van der Waals surface area contributed by atoms with E-state index in [4.69, 9.17) is 4.74 Å². The fraction of sp³-hybridized carbons (Fsp3) is 0.250. The lowest BCUT2D eigenvalue weighted by Gasteiger charge is -2.07. The molecule has 3 rings (SSSR count). The van der Waals surface area contributed by atoms with Crippen molar-refractivity contribution in [3.63, 3.8) is 0 Å². The van der Waals surface area contributed by atoms with E-state index in [-0.39, 0.29) is 5.69 Å². The summed E-state index contributed by atoms with van der Waals surface area (Å²) < 4.78 is 6.15. The van der Waals surface area contributed by atoms with Crippen molar-refractivity contribution in [1.29, 1.82) is 0 Å². The molecule has 0 saturated heterocycles. The van der Waals surface area contributed by atoms with Crippen LogP contribution in [0.4, 0.5) is 5.69 Å². The van der Waals surface area contributed by atoms with Crippen molar-refractivity contribution in [2.45, 2.75) is 24.8 Å². The van der Waals surface area contributed by atoms with Crippen molar-refractivity contribution >= 4 is 28.5 Å². The molecule has 1 N–H and O–H groups in total. The Hall–Kier alpha value is -2.81. The summed E-state index contributed by atoms with van der Waals surface area (Å²) in [4.78, 5) is 19.5. The van der Waals surface area contributed by atoms with E-state index in [1.807, 2.05) is 0 Å². The third-order valence-corrected chi connectivity index (χ3v) is 4.84. The molecule has 8 nitrogen and oxygen atoms in total. The number of nitro groups is 1. The zero-order chi connectivity index (χ0) is 18.1. The molecule has 1 aromatic carbocycles. The first-order chi connectivity index (χ1) is 11.9. The highest BCUT2D eigenvalue weighted by molar-refractivity contribution is 7.98. The second-order valence-corrected chi connectivity index (χ2v) is 6.41. The molecule has 0 atom stereocenters. The monoisotopic (exact) mass is 360 g/mol. The number of methoxy groups -OCH3 is 1. The number of ether oxygens (including phenoxy) is 1. The summed E-state index contributed by atoms with van der Waals surface area (Å²) in [5.74, 6) is 1.00. The molecular formula is C16H16N4O4S. The summed E-state index contributed by atoms with van der Waals surface area (Å²) in [6, 6.07) is 5.18. The molecule has 0 aliphatic carbocycles. The molecule has 2 heterocycles. The fourth-order valence-electron chi connectivity index (χ4n) is 2.57. The number of pyridine rings is 1. The summed E-state index contributed by atoms with van der Waals surface area (Å²) in [5, 5.41) is 21.8. The Balaban J connectivity index is 1.89. The first kappa shape index (κ1) is 17.0. The highest BCUT2D eigenvalue weighted by Gasteiger charge is 2.19. The number of fused-ring (bicyclic) bond motifs is 1. The SMILES string of the molecule is COc1ccc2c(c1)nc(SCc1ncc(C)c([N+](=O)[O-])c1C)n2O. The van der Waals surface area contributed by atoms with E-state index in [0.717, 1.165) is 4.73 Å². The number of imidazole rings is 1. The molecule has 0 aliphatic rings. The van der Waals surface area contributed by atoms with Crippen LogP contribution < -0.4 is 4.74 Å². The van der Waals surface area contributed by atoms with Crippen molar-refractivity contribution in [3.05, 3.63) is 51.3 Å². The maximum atomic E-state index is 11.2. The predicted octanol–water partition coefficient (Wildman–Crippen LogP) is 3.49. The van der Waals surface area contributed by atoms with Crippen LogP contribution in [0.1, 0.15) is 16.8 Å². The van der Waals surface area contributed by atoms with Crippen LogP contribution >= 0.6 is 11.8 Å². The fourth-order valence-corrected chi connectivity index (χ4v) is 3.51. The van der Waals surface area contributed by atoms with Gasteiger partial charge in [-0.15, -0.1) is 0 Å². The Morgan fingerprint density at radius 2 is 2.16 bits per heavy atom. The van der Waals surface area contributed by atoms with Gasteiger partial charge in [-0.3, -0.25) is 15.1 Å². The van der Waals surface area contributed by atoms with E-state index < -0.39 is 4.92 Å². The number of benzene rings is 1. The van der Waals surface area contributed by atoms with Gasteiger partial charge in [-0.2, -0.15) is 4.73 Å². The third kappa shape index (κ3) is 3.10. The highest BCUT2D eigenvalue weighted by atomic mass is 32.2. The van der Waals surface area contributed by atoms with E-state index in [1.54, 1.807) is 39.2 Å². The van der Waals surface area contributed by atoms with Crippen molar-refractivity contribution in [2.24, 2.45) is 0 Å². The molecule has 3 aromatic rings. The lowest BCUT2D eigenvalue weighted by atomic mass is 10.1. The summed E-state index contributed by atoms with van der Waals surface area (Å²) in [7, 11) is 1.56. The number of hydrogen-bond acceptors (Lipinski definition) is 7. The van der Waals surface area contributed by atoms with Crippen LogP contribution in [0.15, 0.2) is 29.6 Å². The van der Waals surface area contributed by atoms with Crippen molar-refractivity contribution < 1.29 is 14.9 Å². The van der Waals surface area contributed by atoms with Crippen LogP contribution in [0.3, 0.4) is 0 Å². The Labute approximate surface area is 147 Å². The first-order valence-corrected chi connectivity index (χ1v) is 8.39. The van der Waals surface area contributed by atoms with Crippen LogP contribution in [-0.2, 0) is 5.75 Å². The van der Waals surface area contributed by atoms with E-state index in [9.17, 15) is 15.3 Å². The van der Waals surface area contributed by atoms with Gasteiger partial charge >= 0.3 is 0 Å². The summed E-state index contributed by atoms with van der Waals surface area (Å²) in [6.07, 6.45) is 1.49. The Morgan fingerprint density at radius 3 is 2.84 bits per heavy atom. The minimum absolute atomic E-state index is 0.0767. The van der Waals surface area contributed by atoms with Crippen LogP contribution in [0, 0.1) is 24.0 Å². The van der Waals surface area contributed by atoms with Gasteiger partial charge < -0.3 is 9.94 Å². The van der Waals surface area contributed by atoms with Gasteiger partial charge in [0.1, 0.15) is 11.3 Å². The van der Waals surface area contributed by atoms with Gasteiger partial charge in [0, 0.05) is 29.1 Å². The molecular weight excluding hydrogens is 344 g/mol. The minimum atomic E-state index is -0.395. The number of aromatic nitrogens is 3. The Bertz CT molecular complexity index is 970. The largest absolute Gasteiger partial charge is 0.497 e. The molecule has 0 radical (unpaired) electrons. The average Bonchev–Trinajstić information content (AvgIpc) is 2.89. The molecule has 0 bridgehead atoms. The lowest BCUT2D eigenvalue weighted by Crippen LogP contribution is -2.02. The third-order valence-electron chi connectivity index (χ3n) is 3.90. The molecule has 0 fully saturated rings. The molecule has 9 heteroatoms. The number of nitrogens with zero attached hydrogens (tertiary/aromatic N) is 4. The topological polar surface area (TPSA) is 103 Å². The second-order valence-electron chi connectivity index (χ2n) is 5.47. The second kappa shape index (κ2) is 6.60. The van der Waals surface area contributed by atoms with Crippen molar-refractivity contribution in [2.75, 3.05) is 7.11 Å². The summed E-state index contributed by atoms with van der Waals surface area (Å²) >= 11 is 1.26. The lowest BCUT2D eigenvalue weighted by molar-refractivity contribution is -0.386. The molecule has 130 valence electrons. The number of aryl methyl sites for hydroxylation is 1. The number of thioether (sulfide) groups is 1. The highest BCUT2D eigenvalue weighted by Crippen LogP contribution is 2.30. The van der Waals surface area contributed by atoms with Crippen LogP contribution in [0.5, 0.6) is 5.75 Å². The van der Waals surface area contributed by atoms with Gasteiger partial charge in [-0.05, 0) is 26.0 Å². The molecule has 25 heavy (non-hydrogen) atoms. The molecule has 0 saturated carbocycles. The van der Waals surface area contributed by atoms with Gasteiger partial charge in [0.05, 0.1) is 23.2 Å². The first-order valence-electron chi connectivity index (χ1n) is 7.40. The van der Waals surface area contributed by atoms with E-state index in [0.29, 0.717) is 44.5 Å². The van der Waals surface area contributed by atoms with Gasteiger partial charge in [-0.25, -0.2) is 4.98 Å². The molecule has 0 spiro atoms. The van der Waals surface area contributed by atoms with Gasteiger partial charge in [0.15, 0.2) is 0 Å². The maximum absolute atomic E-state index is 11.2. The van der Waals surface area contributed by atoms with Crippen molar-refractivity contribution in [3.8, 4) is 5.75 Å². The summed E-state index contributed by atoms with van der Waals surface area (Å²) in [6.45, 7) is 3.34. The van der Waals surface area contributed by atoms with E-state index >= 15 is 0 Å². The van der Waals surface area contributed by atoms with Crippen LogP contribution in [0.25, 0.3) is 11.0 Å². The molecule has 0 aliphatic heterocycles. The van der Waals surface area contributed by atoms with Crippen LogP contribution in [0.2, 0.25) is 0 Å². The van der Waals surface area contributed by atoms with E-state index in [1.165, 1.54) is 18.0 Å². The molecule has 2 aromatic heterocycles.